The second-order valence-corrected chi connectivity index (χ2v) is 3.12. The highest BCUT2D eigenvalue weighted by molar-refractivity contribution is 5.83. The minimum Gasteiger partial charge on any atom is -0.490 e. The Morgan fingerprint density at radius 1 is 1.50 bits per heavy atom. The highest BCUT2D eigenvalue weighted by atomic mass is 16.5. The molecule has 1 rings (SSSR count). The number of methoxy groups -OCH3 is 1. The van der Waals surface area contributed by atoms with Gasteiger partial charge in [0.15, 0.2) is 11.6 Å². The van der Waals surface area contributed by atoms with Gasteiger partial charge in [0.05, 0.1) is 7.11 Å². The first-order chi connectivity index (χ1) is 7.60. The van der Waals surface area contributed by atoms with Crippen LogP contribution in [0.15, 0.2) is 6.33 Å². The average molecular weight is 225 g/mol. The predicted octanol–water partition coefficient (Wildman–Crippen LogP) is -0.187. The van der Waals surface area contributed by atoms with Crippen LogP contribution < -0.4 is 21.1 Å². The molecule has 1 aromatic rings. The predicted molar refractivity (Wildman–Crippen MR) is 60.4 cm³/mol. The SMILES string of the molecule is CNc1ncnc(NC(C)C(N)=O)c1OC. The Balaban J connectivity index is 2.99. The molecule has 0 radical (unpaired) electrons. The van der Waals surface area contributed by atoms with Crippen LogP contribution in [-0.4, -0.2) is 36.1 Å². The van der Waals surface area contributed by atoms with Gasteiger partial charge in [0, 0.05) is 7.05 Å². The first kappa shape index (κ1) is 12.0. The second kappa shape index (κ2) is 5.15. The molecule has 0 aromatic carbocycles. The van der Waals surface area contributed by atoms with Crippen molar-refractivity contribution in [3.63, 3.8) is 0 Å². The zero-order chi connectivity index (χ0) is 12.1. The molecule has 0 aliphatic heterocycles. The molecular formula is C9H15N5O2. The molecule has 16 heavy (non-hydrogen) atoms. The molecule has 0 saturated heterocycles. The topological polar surface area (TPSA) is 102 Å². The van der Waals surface area contributed by atoms with E-state index in [1.54, 1.807) is 14.0 Å². The van der Waals surface area contributed by atoms with Crippen molar-refractivity contribution in [3.8, 4) is 5.75 Å². The fraction of sp³-hybridized carbons (Fsp3) is 0.444. The summed E-state index contributed by atoms with van der Waals surface area (Å²) in [7, 11) is 3.21. The van der Waals surface area contributed by atoms with Crippen molar-refractivity contribution in [1.82, 2.24) is 9.97 Å². The summed E-state index contributed by atoms with van der Waals surface area (Å²) in [5, 5.41) is 5.70. The Labute approximate surface area is 93.4 Å². The van der Waals surface area contributed by atoms with E-state index < -0.39 is 11.9 Å². The molecule has 1 aromatic heterocycles. The van der Waals surface area contributed by atoms with Crippen LogP contribution in [0, 0.1) is 0 Å². The summed E-state index contributed by atoms with van der Waals surface area (Å²) in [6.07, 6.45) is 1.37. The molecule has 1 amide bonds. The van der Waals surface area contributed by atoms with E-state index in [1.165, 1.54) is 13.4 Å². The third-order valence-electron chi connectivity index (χ3n) is 2.02. The summed E-state index contributed by atoms with van der Waals surface area (Å²) in [4.78, 5) is 18.9. The zero-order valence-corrected chi connectivity index (χ0v) is 9.44. The van der Waals surface area contributed by atoms with Gasteiger partial charge >= 0.3 is 0 Å². The molecule has 0 aliphatic rings. The Bertz CT molecular complexity index is 382. The van der Waals surface area contributed by atoms with Crippen molar-refractivity contribution >= 4 is 17.5 Å². The maximum atomic E-state index is 10.9. The zero-order valence-electron chi connectivity index (χ0n) is 9.44. The maximum absolute atomic E-state index is 10.9. The van der Waals surface area contributed by atoms with E-state index in [0.717, 1.165) is 0 Å². The number of primary amides is 1. The fourth-order valence-corrected chi connectivity index (χ4v) is 1.12. The van der Waals surface area contributed by atoms with Crippen molar-refractivity contribution in [2.24, 2.45) is 5.73 Å². The van der Waals surface area contributed by atoms with Gasteiger partial charge in [0.1, 0.15) is 12.4 Å². The lowest BCUT2D eigenvalue weighted by molar-refractivity contribution is -0.118. The standard InChI is InChI=1S/C9H15N5O2/c1-5(7(10)15)14-9-6(16-3)8(11-2)12-4-13-9/h4-5H,1-3H3,(H2,10,15)(H2,11,12,13,14). The number of rotatable bonds is 5. The number of nitrogens with zero attached hydrogens (tertiary/aromatic N) is 2. The van der Waals surface area contributed by atoms with Crippen LogP contribution in [-0.2, 0) is 4.79 Å². The molecule has 0 aliphatic carbocycles. The lowest BCUT2D eigenvalue weighted by atomic mass is 10.3. The highest BCUT2D eigenvalue weighted by Crippen LogP contribution is 2.28. The number of nitrogens with one attached hydrogen (secondary N) is 2. The maximum Gasteiger partial charge on any atom is 0.239 e. The van der Waals surface area contributed by atoms with Crippen molar-refractivity contribution in [3.05, 3.63) is 6.33 Å². The number of amides is 1. The van der Waals surface area contributed by atoms with Crippen LogP contribution in [0.2, 0.25) is 0 Å². The van der Waals surface area contributed by atoms with Gasteiger partial charge in [0.2, 0.25) is 11.7 Å². The molecule has 7 heteroatoms. The van der Waals surface area contributed by atoms with Crippen LogP contribution >= 0.6 is 0 Å². The average Bonchev–Trinajstić information content (AvgIpc) is 2.28. The van der Waals surface area contributed by atoms with Crippen LogP contribution in [0.4, 0.5) is 11.6 Å². The molecule has 0 saturated carbocycles. The molecule has 1 atom stereocenters. The van der Waals surface area contributed by atoms with Gasteiger partial charge in [-0.2, -0.15) is 0 Å². The van der Waals surface area contributed by atoms with E-state index in [9.17, 15) is 4.79 Å². The largest absolute Gasteiger partial charge is 0.490 e. The Morgan fingerprint density at radius 3 is 2.62 bits per heavy atom. The number of carbonyl (C=O) groups is 1. The van der Waals surface area contributed by atoms with E-state index in [1.807, 2.05) is 0 Å². The van der Waals surface area contributed by atoms with Gasteiger partial charge in [-0.15, -0.1) is 0 Å². The number of ether oxygens (including phenoxy) is 1. The first-order valence-electron chi connectivity index (χ1n) is 4.72. The van der Waals surface area contributed by atoms with E-state index in [2.05, 4.69) is 20.6 Å². The van der Waals surface area contributed by atoms with Gasteiger partial charge in [-0.05, 0) is 6.92 Å². The van der Waals surface area contributed by atoms with E-state index in [4.69, 9.17) is 10.5 Å². The molecular weight excluding hydrogens is 210 g/mol. The summed E-state index contributed by atoms with van der Waals surface area (Å²) in [5.74, 6) is 0.939. The number of anilines is 2. The summed E-state index contributed by atoms with van der Waals surface area (Å²) < 4.78 is 5.15. The molecule has 0 bridgehead atoms. The van der Waals surface area contributed by atoms with Gasteiger partial charge in [-0.1, -0.05) is 0 Å². The lowest BCUT2D eigenvalue weighted by Gasteiger charge is -2.15. The third kappa shape index (κ3) is 2.50. The number of aromatic nitrogens is 2. The minimum atomic E-state index is -0.534. The molecule has 4 N–H and O–H groups in total. The molecule has 1 unspecified atom stereocenters. The van der Waals surface area contributed by atoms with Crippen molar-refractivity contribution in [2.75, 3.05) is 24.8 Å². The van der Waals surface area contributed by atoms with Crippen LogP contribution in [0.25, 0.3) is 0 Å². The number of nitrogens with two attached hydrogens (primary N) is 1. The Hall–Kier alpha value is -2.05. The van der Waals surface area contributed by atoms with Crippen LogP contribution in [0.5, 0.6) is 5.75 Å². The van der Waals surface area contributed by atoms with Crippen molar-refractivity contribution < 1.29 is 9.53 Å². The van der Waals surface area contributed by atoms with Crippen LogP contribution in [0.3, 0.4) is 0 Å². The van der Waals surface area contributed by atoms with E-state index in [-0.39, 0.29) is 0 Å². The first-order valence-corrected chi connectivity index (χ1v) is 4.72. The number of hydrogen-bond donors (Lipinski definition) is 3. The monoisotopic (exact) mass is 225 g/mol. The number of carbonyl (C=O) groups excluding carboxylic acids is 1. The second-order valence-electron chi connectivity index (χ2n) is 3.12. The smallest absolute Gasteiger partial charge is 0.239 e. The molecule has 1 heterocycles. The number of hydrogen-bond acceptors (Lipinski definition) is 6. The molecule has 7 nitrogen and oxygen atoms in total. The van der Waals surface area contributed by atoms with Crippen molar-refractivity contribution in [2.45, 2.75) is 13.0 Å². The Morgan fingerprint density at radius 2 is 2.12 bits per heavy atom. The van der Waals surface area contributed by atoms with Crippen molar-refractivity contribution in [1.29, 1.82) is 0 Å². The quantitative estimate of drug-likeness (QED) is 0.642. The van der Waals surface area contributed by atoms with Crippen LogP contribution in [0.1, 0.15) is 6.92 Å². The summed E-state index contributed by atoms with van der Waals surface area (Å²) in [5.41, 5.74) is 5.14. The van der Waals surface area contributed by atoms with E-state index >= 15 is 0 Å². The lowest BCUT2D eigenvalue weighted by Crippen LogP contribution is -2.33. The normalized spacial score (nSPS) is 11.7. The fourth-order valence-electron chi connectivity index (χ4n) is 1.12. The molecule has 88 valence electrons. The summed E-state index contributed by atoms with van der Waals surface area (Å²) >= 11 is 0. The van der Waals surface area contributed by atoms with E-state index in [0.29, 0.717) is 17.4 Å². The molecule has 0 spiro atoms. The highest BCUT2D eigenvalue weighted by Gasteiger charge is 2.15. The van der Waals surface area contributed by atoms with Gasteiger partial charge in [-0.25, -0.2) is 9.97 Å². The third-order valence-corrected chi connectivity index (χ3v) is 2.02. The van der Waals surface area contributed by atoms with Gasteiger partial charge < -0.3 is 21.1 Å². The molecule has 0 fully saturated rings. The van der Waals surface area contributed by atoms with Gasteiger partial charge in [-0.3, -0.25) is 4.79 Å². The van der Waals surface area contributed by atoms with Gasteiger partial charge in [0.25, 0.3) is 0 Å². The minimum absolute atomic E-state index is 0.424. The summed E-state index contributed by atoms with van der Waals surface area (Å²) in [6, 6.07) is -0.534. The Kier molecular flexibility index (Phi) is 3.87. The summed E-state index contributed by atoms with van der Waals surface area (Å²) in [6.45, 7) is 1.64.